The molecule has 6 heteroatoms. The molecule has 0 N–H and O–H groups in total. The van der Waals surface area contributed by atoms with Crippen molar-refractivity contribution in [2.45, 2.75) is 27.3 Å². The summed E-state index contributed by atoms with van der Waals surface area (Å²) < 4.78 is 7.03. The molecule has 0 aliphatic carbocycles. The molecular formula is C14H15N5O. The van der Waals surface area contributed by atoms with Crippen molar-refractivity contribution in [3.8, 4) is 11.5 Å². The highest BCUT2D eigenvalue weighted by molar-refractivity contribution is 5.49. The second-order valence-electron chi connectivity index (χ2n) is 4.66. The molecule has 0 bridgehead atoms. The number of pyridine rings is 1. The van der Waals surface area contributed by atoms with Gasteiger partial charge < -0.3 is 4.52 Å². The highest BCUT2D eigenvalue weighted by Crippen LogP contribution is 2.19. The second kappa shape index (κ2) is 4.88. The van der Waals surface area contributed by atoms with Gasteiger partial charge in [-0.25, -0.2) is 9.67 Å². The molecule has 0 aromatic carbocycles. The van der Waals surface area contributed by atoms with E-state index in [1.165, 1.54) is 0 Å². The summed E-state index contributed by atoms with van der Waals surface area (Å²) in [5, 5.41) is 8.41. The van der Waals surface area contributed by atoms with Gasteiger partial charge in [0.05, 0.1) is 12.2 Å². The fourth-order valence-corrected chi connectivity index (χ4v) is 2.13. The average molecular weight is 269 g/mol. The highest BCUT2D eigenvalue weighted by Gasteiger charge is 2.15. The van der Waals surface area contributed by atoms with E-state index in [1.807, 2.05) is 43.7 Å². The molecule has 0 fully saturated rings. The van der Waals surface area contributed by atoms with Crippen LogP contribution in [-0.4, -0.2) is 24.9 Å². The van der Waals surface area contributed by atoms with Gasteiger partial charge in [-0.2, -0.15) is 5.10 Å². The van der Waals surface area contributed by atoms with Gasteiger partial charge >= 0.3 is 0 Å². The highest BCUT2D eigenvalue weighted by atomic mass is 16.5. The first kappa shape index (κ1) is 12.5. The lowest BCUT2D eigenvalue weighted by atomic mass is 10.2. The molecule has 0 amide bonds. The molecule has 6 nitrogen and oxygen atoms in total. The molecule has 0 aliphatic rings. The first-order chi connectivity index (χ1) is 9.65. The molecule has 3 heterocycles. The third-order valence-corrected chi connectivity index (χ3v) is 3.16. The van der Waals surface area contributed by atoms with Crippen molar-refractivity contribution in [1.82, 2.24) is 24.9 Å². The molecule has 102 valence electrons. The van der Waals surface area contributed by atoms with E-state index in [1.54, 1.807) is 6.20 Å². The van der Waals surface area contributed by atoms with Crippen LogP contribution in [0.4, 0.5) is 0 Å². The third kappa shape index (κ3) is 2.20. The summed E-state index contributed by atoms with van der Waals surface area (Å²) in [5.74, 6) is 2.28. The van der Waals surface area contributed by atoms with E-state index in [0.717, 1.165) is 34.4 Å². The molecular weight excluding hydrogens is 254 g/mol. The van der Waals surface area contributed by atoms with Gasteiger partial charge in [-0.3, -0.25) is 4.98 Å². The van der Waals surface area contributed by atoms with E-state index in [9.17, 15) is 0 Å². The van der Waals surface area contributed by atoms with E-state index in [0.29, 0.717) is 6.54 Å². The van der Waals surface area contributed by atoms with Crippen LogP contribution in [0.15, 0.2) is 28.9 Å². The maximum atomic E-state index is 5.19. The minimum absolute atomic E-state index is 0.577. The quantitative estimate of drug-likeness (QED) is 0.729. The van der Waals surface area contributed by atoms with Gasteiger partial charge in [0.2, 0.25) is 0 Å². The van der Waals surface area contributed by atoms with Crippen molar-refractivity contribution >= 4 is 0 Å². The SMILES string of the molecule is Cc1nc(-c2ccccn2)n(Cc2c(C)noc2C)n1. The first-order valence-electron chi connectivity index (χ1n) is 6.39. The molecule has 0 aliphatic heterocycles. The number of hydrogen-bond donors (Lipinski definition) is 0. The fourth-order valence-electron chi connectivity index (χ4n) is 2.13. The van der Waals surface area contributed by atoms with Crippen molar-refractivity contribution in [1.29, 1.82) is 0 Å². The summed E-state index contributed by atoms with van der Waals surface area (Å²) >= 11 is 0. The number of aromatic nitrogens is 5. The molecule has 0 atom stereocenters. The standard InChI is InChI=1S/C14H15N5O/c1-9-12(10(2)20-18-9)8-19-14(16-11(3)17-19)13-6-4-5-7-15-13/h4-7H,8H2,1-3H3. The summed E-state index contributed by atoms with van der Waals surface area (Å²) in [5.41, 5.74) is 2.72. The average Bonchev–Trinajstić information content (AvgIpc) is 2.97. The summed E-state index contributed by atoms with van der Waals surface area (Å²) in [4.78, 5) is 8.79. The molecule has 0 saturated carbocycles. The number of aryl methyl sites for hydroxylation is 3. The zero-order valence-electron chi connectivity index (χ0n) is 11.7. The molecule has 0 saturated heterocycles. The topological polar surface area (TPSA) is 69.6 Å². The van der Waals surface area contributed by atoms with Crippen LogP contribution in [0.25, 0.3) is 11.5 Å². The third-order valence-electron chi connectivity index (χ3n) is 3.16. The number of rotatable bonds is 3. The van der Waals surface area contributed by atoms with Crippen LogP contribution in [0.3, 0.4) is 0 Å². The van der Waals surface area contributed by atoms with E-state index >= 15 is 0 Å². The van der Waals surface area contributed by atoms with Gasteiger partial charge in [0.25, 0.3) is 0 Å². The minimum Gasteiger partial charge on any atom is -0.361 e. The van der Waals surface area contributed by atoms with Gasteiger partial charge in [0, 0.05) is 11.8 Å². The monoisotopic (exact) mass is 269 g/mol. The van der Waals surface area contributed by atoms with Crippen LogP contribution in [0, 0.1) is 20.8 Å². The van der Waals surface area contributed by atoms with Crippen molar-refractivity contribution in [2.24, 2.45) is 0 Å². The Morgan fingerprint density at radius 1 is 1.20 bits per heavy atom. The van der Waals surface area contributed by atoms with Crippen molar-refractivity contribution < 1.29 is 4.52 Å². The van der Waals surface area contributed by atoms with Crippen molar-refractivity contribution in [2.75, 3.05) is 0 Å². The summed E-state index contributed by atoms with van der Waals surface area (Å²) in [7, 11) is 0. The zero-order valence-corrected chi connectivity index (χ0v) is 11.7. The predicted octanol–water partition coefficient (Wildman–Crippen LogP) is 2.30. The lowest BCUT2D eigenvalue weighted by molar-refractivity contribution is 0.391. The largest absolute Gasteiger partial charge is 0.361 e. The van der Waals surface area contributed by atoms with Gasteiger partial charge in [-0.1, -0.05) is 11.2 Å². The Bertz CT molecular complexity index is 710. The van der Waals surface area contributed by atoms with Crippen LogP contribution in [0.5, 0.6) is 0 Å². The Morgan fingerprint density at radius 3 is 2.70 bits per heavy atom. The number of hydrogen-bond acceptors (Lipinski definition) is 5. The Hall–Kier alpha value is -2.50. The van der Waals surface area contributed by atoms with Gasteiger partial charge in [0.15, 0.2) is 5.82 Å². The summed E-state index contributed by atoms with van der Waals surface area (Å²) in [6.07, 6.45) is 1.75. The van der Waals surface area contributed by atoms with Gasteiger partial charge in [-0.05, 0) is 32.9 Å². The predicted molar refractivity (Wildman–Crippen MR) is 73.1 cm³/mol. The fraction of sp³-hybridized carbons (Fsp3) is 0.286. The maximum Gasteiger partial charge on any atom is 0.177 e. The van der Waals surface area contributed by atoms with E-state index < -0.39 is 0 Å². The van der Waals surface area contributed by atoms with Crippen LogP contribution in [0.1, 0.15) is 22.8 Å². The van der Waals surface area contributed by atoms with Gasteiger partial charge in [0.1, 0.15) is 17.3 Å². The molecule has 3 rings (SSSR count). The van der Waals surface area contributed by atoms with Crippen molar-refractivity contribution in [3.63, 3.8) is 0 Å². The lowest BCUT2D eigenvalue weighted by Crippen LogP contribution is -2.06. The normalized spacial score (nSPS) is 10.9. The van der Waals surface area contributed by atoms with E-state index in [2.05, 4.69) is 20.2 Å². The first-order valence-corrected chi connectivity index (χ1v) is 6.39. The molecule has 3 aromatic heterocycles. The molecule has 3 aromatic rings. The Labute approximate surface area is 116 Å². The Balaban J connectivity index is 2.03. The Morgan fingerprint density at radius 2 is 2.05 bits per heavy atom. The maximum absolute atomic E-state index is 5.19. The van der Waals surface area contributed by atoms with E-state index in [4.69, 9.17) is 4.52 Å². The lowest BCUT2D eigenvalue weighted by Gasteiger charge is -2.05. The zero-order chi connectivity index (χ0) is 14.1. The van der Waals surface area contributed by atoms with Crippen LogP contribution < -0.4 is 0 Å². The molecule has 20 heavy (non-hydrogen) atoms. The minimum atomic E-state index is 0.577. The van der Waals surface area contributed by atoms with Crippen LogP contribution in [0.2, 0.25) is 0 Å². The summed E-state index contributed by atoms with van der Waals surface area (Å²) in [6, 6.07) is 5.74. The van der Waals surface area contributed by atoms with Crippen LogP contribution >= 0.6 is 0 Å². The van der Waals surface area contributed by atoms with Gasteiger partial charge in [-0.15, -0.1) is 0 Å². The molecule has 0 spiro atoms. The smallest absolute Gasteiger partial charge is 0.177 e. The molecule has 0 radical (unpaired) electrons. The summed E-state index contributed by atoms with van der Waals surface area (Å²) in [6.45, 7) is 6.28. The van der Waals surface area contributed by atoms with E-state index in [-0.39, 0.29) is 0 Å². The number of nitrogens with zero attached hydrogens (tertiary/aromatic N) is 5. The second-order valence-corrected chi connectivity index (χ2v) is 4.66. The van der Waals surface area contributed by atoms with Crippen molar-refractivity contribution in [3.05, 3.63) is 47.2 Å². The van der Waals surface area contributed by atoms with Crippen LogP contribution in [-0.2, 0) is 6.54 Å². The Kier molecular flexibility index (Phi) is 3.06. The molecule has 0 unspecified atom stereocenters.